The zero-order valence-electron chi connectivity index (χ0n) is 10.5. The van der Waals surface area contributed by atoms with Crippen molar-refractivity contribution in [3.8, 4) is 0 Å². The third-order valence-electron chi connectivity index (χ3n) is 3.19. The van der Waals surface area contributed by atoms with Gasteiger partial charge in [0.1, 0.15) is 0 Å². The van der Waals surface area contributed by atoms with Crippen LogP contribution in [0.1, 0.15) is 45.7 Å². The molecule has 1 fully saturated rings. The second kappa shape index (κ2) is 4.53. The van der Waals surface area contributed by atoms with Crippen LogP contribution >= 0.6 is 0 Å². The van der Waals surface area contributed by atoms with Crippen LogP contribution in [-0.4, -0.2) is 21.5 Å². The van der Waals surface area contributed by atoms with Gasteiger partial charge in [0, 0.05) is 6.54 Å². The summed E-state index contributed by atoms with van der Waals surface area (Å²) in [4.78, 5) is 0. The van der Waals surface area contributed by atoms with Crippen molar-refractivity contribution < 1.29 is 0 Å². The summed E-state index contributed by atoms with van der Waals surface area (Å²) in [6.07, 6.45) is 6.23. The van der Waals surface area contributed by atoms with E-state index in [0.717, 1.165) is 24.7 Å². The topological polar surface area (TPSA) is 42.7 Å². The first kappa shape index (κ1) is 11.6. The van der Waals surface area contributed by atoms with E-state index in [2.05, 4.69) is 36.4 Å². The Morgan fingerprint density at radius 1 is 1.44 bits per heavy atom. The van der Waals surface area contributed by atoms with Gasteiger partial charge in [-0.3, -0.25) is 0 Å². The molecule has 2 rings (SSSR count). The lowest BCUT2D eigenvalue weighted by atomic mass is 9.85. The van der Waals surface area contributed by atoms with Gasteiger partial charge in [0.2, 0.25) is 0 Å². The number of rotatable bonds is 4. The van der Waals surface area contributed by atoms with Gasteiger partial charge in [-0.25, -0.2) is 4.68 Å². The molecule has 90 valence electrons. The normalized spacial score (nSPS) is 17.4. The van der Waals surface area contributed by atoms with Crippen LogP contribution in [0, 0.1) is 5.92 Å². The van der Waals surface area contributed by atoms with Crippen LogP contribution in [0.4, 0.5) is 0 Å². The summed E-state index contributed by atoms with van der Waals surface area (Å²) < 4.78 is 1.92. The maximum Gasteiger partial charge on any atom is 0.0965 e. The molecule has 0 amide bonds. The van der Waals surface area contributed by atoms with Crippen molar-refractivity contribution in [2.24, 2.45) is 5.92 Å². The smallest absolute Gasteiger partial charge is 0.0965 e. The van der Waals surface area contributed by atoms with E-state index in [0.29, 0.717) is 0 Å². The molecule has 0 atom stereocenters. The molecule has 0 aliphatic heterocycles. The highest BCUT2D eigenvalue weighted by molar-refractivity contribution is 4.94. The zero-order chi connectivity index (χ0) is 11.6. The molecule has 1 aliphatic rings. The Labute approximate surface area is 97.4 Å². The molecule has 1 aromatic rings. The minimum atomic E-state index is 0.0270. The maximum atomic E-state index is 4.17. The number of nitrogens with one attached hydrogen (secondary N) is 1. The summed E-state index contributed by atoms with van der Waals surface area (Å²) in [5, 5.41) is 11.8. The molecule has 0 saturated heterocycles. The van der Waals surface area contributed by atoms with Crippen molar-refractivity contribution in [2.45, 2.75) is 52.1 Å². The Bertz CT molecular complexity index is 333. The van der Waals surface area contributed by atoms with E-state index in [-0.39, 0.29) is 5.54 Å². The molecule has 1 aromatic heterocycles. The molecule has 0 unspecified atom stereocenters. The van der Waals surface area contributed by atoms with Crippen LogP contribution in [0.5, 0.6) is 0 Å². The van der Waals surface area contributed by atoms with Crippen LogP contribution in [0.2, 0.25) is 0 Å². The van der Waals surface area contributed by atoms with Crippen molar-refractivity contribution in [3.63, 3.8) is 0 Å². The molecular formula is C12H22N4. The summed E-state index contributed by atoms with van der Waals surface area (Å²) in [5.74, 6) is 0.901. The molecule has 4 heteroatoms. The summed E-state index contributed by atoms with van der Waals surface area (Å²) >= 11 is 0. The summed E-state index contributed by atoms with van der Waals surface area (Å²) in [6.45, 7) is 8.36. The fourth-order valence-electron chi connectivity index (χ4n) is 1.81. The van der Waals surface area contributed by atoms with E-state index in [1.807, 2.05) is 10.9 Å². The fourth-order valence-corrected chi connectivity index (χ4v) is 1.81. The van der Waals surface area contributed by atoms with E-state index in [1.54, 1.807) is 0 Å². The number of hydrogen-bond acceptors (Lipinski definition) is 3. The van der Waals surface area contributed by atoms with Crippen LogP contribution in [0.3, 0.4) is 0 Å². The first-order chi connectivity index (χ1) is 7.55. The van der Waals surface area contributed by atoms with E-state index in [9.17, 15) is 0 Å². The standard InChI is InChI=1S/C12H22N4/c1-12(2,3)16-9-11(14-15-16)8-13-7-10-5-4-6-10/h9-10,13H,4-8H2,1-3H3. The van der Waals surface area contributed by atoms with E-state index < -0.39 is 0 Å². The Morgan fingerprint density at radius 3 is 2.69 bits per heavy atom. The van der Waals surface area contributed by atoms with Gasteiger partial charge in [-0.15, -0.1) is 5.10 Å². The summed E-state index contributed by atoms with van der Waals surface area (Å²) in [6, 6.07) is 0. The number of nitrogens with zero attached hydrogens (tertiary/aromatic N) is 3. The van der Waals surface area contributed by atoms with Crippen molar-refractivity contribution in [2.75, 3.05) is 6.54 Å². The molecule has 1 N–H and O–H groups in total. The second-order valence-electron chi connectivity index (χ2n) is 5.75. The predicted octanol–water partition coefficient (Wildman–Crippen LogP) is 1.92. The van der Waals surface area contributed by atoms with Crippen molar-refractivity contribution in [3.05, 3.63) is 11.9 Å². The minimum Gasteiger partial charge on any atom is -0.311 e. The molecule has 0 radical (unpaired) electrons. The average molecular weight is 222 g/mol. The monoisotopic (exact) mass is 222 g/mol. The molecule has 0 spiro atoms. The maximum absolute atomic E-state index is 4.17. The first-order valence-corrected chi connectivity index (χ1v) is 6.18. The molecule has 1 saturated carbocycles. The van der Waals surface area contributed by atoms with Crippen LogP contribution in [-0.2, 0) is 12.1 Å². The van der Waals surface area contributed by atoms with E-state index >= 15 is 0 Å². The van der Waals surface area contributed by atoms with Crippen molar-refractivity contribution >= 4 is 0 Å². The third-order valence-corrected chi connectivity index (χ3v) is 3.19. The van der Waals surface area contributed by atoms with Crippen LogP contribution in [0.25, 0.3) is 0 Å². The lowest BCUT2D eigenvalue weighted by Crippen LogP contribution is -2.27. The van der Waals surface area contributed by atoms with Crippen LogP contribution < -0.4 is 5.32 Å². The van der Waals surface area contributed by atoms with Gasteiger partial charge >= 0.3 is 0 Å². The van der Waals surface area contributed by atoms with Gasteiger partial charge < -0.3 is 5.32 Å². The van der Waals surface area contributed by atoms with E-state index in [1.165, 1.54) is 19.3 Å². The molecule has 16 heavy (non-hydrogen) atoms. The van der Waals surface area contributed by atoms with Gasteiger partial charge in [-0.1, -0.05) is 11.6 Å². The minimum absolute atomic E-state index is 0.0270. The Hall–Kier alpha value is -0.900. The summed E-state index contributed by atoms with van der Waals surface area (Å²) in [7, 11) is 0. The highest BCUT2D eigenvalue weighted by Gasteiger charge is 2.17. The lowest BCUT2D eigenvalue weighted by Gasteiger charge is -2.25. The van der Waals surface area contributed by atoms with Gasteiger partial charge in [0.05, 0.1) is 17.4 Å². The highest BCUT2D eigenvalue weighted by Crippen LogP contribution is 2.25. The quantitative estimate of drug-likeness (QED) is 0.846. The third kappa shape index (κ3) is 2.82. The lowest BCUT2D eigenvalue weighted by molar-refractivity contribution is 0.301. The zero-order valence-corrected chi connectivity index (χ0v) is 10.5. The molecule has 4 nitrogen and oxygen atoms in total. The Morgan fingerprint density at radius 2 is 2.19 bits per heavy atom. The van der Waals surface area contributed by atoms with Gasteiger partial charge in [-0.05, 0) is 46.1 Å². The average Bonchev–Trinajstić information content (AvgIpc) is 2.56. The summed E-state index contributed by atoms with van der Waals surface area (Å²) in [5.41, 5.74) is 1.06. The fraction of sp³-hybridized carbons (Fsp3) is 0.833. The number of aromatic nitrogens is 3. The molecular weight excluding hydrogens is 200 g/mol. The Kier molecular flexibility index (Phi) is 3.28. The molecule has 0 aromatic carbocycles. The van der Waals surface area contributed by atoms with Gasteiger partial charge in [0.15, 0.2) is 0 Å². The van der Waals surface area contributed by atoms with Gasteiger partial charge in [0.25, 0.3) is 0 Å². The molecule has 0 bridgehead atoms. The first-order valence-electron chi connectivity index (χ1n) is 6.18. The molecule has 1 heterocycles. The van der Waals surface area contributed by atoms with Gasteiger partial charge in [-0.2, -0.15) is 0 Å². The second-order valence-corrected chi connectivity index (χ2v) is 5.75. The molecule has 1 aliphatic carbocycles. The Balaban J connectivity index is 1.78. The number of hydrogen-bond donors (Lipinski definition) is 1. The SMILES string of the molecule is CC(C)(C)n1cc(CNCC2CCC2)nn1. The van der Waals surface area contributed by atoms with Crippen LogP contribution in [0.15, 0.2) is 6.20 Å². The van der Waals surface area contributed by atoms with Crippen molar-refractivity contribution in [1.82, 2.24) is 20.3 Å². The highest BCUT2D eigenvalue weighted by atomic mass is 15.4. The predicted molar refractivity (Wildman–Crippen MR) is 64.1 cm³/mol. The van der Waals surface area contributed by atoms with E-state index in [4.69, 9.17) is 0 Å². The van der Waals surface area contributed by atoms with Crippen molar-refractivity contribution in [1.29, 1.82) is 0 Å². The largest absolute Gasteiger partial charge is 0.311 e.